The van der Waals surface area contributed by atoms with Crippen molar-refractivity contribution in [2.45, 2.75) is 45.8 Å². The Balaban J connectivity index is 2.21. The van der Waals surface area contributed by atoms with E-state index < -0.39 is 22.2 Å². The predicted octanol–water partition coefficient (Wildman–Crippen LogP) is 3.23. The quantitative estimate of drug-likeness (QED) is 0.321. The second-order valence-corrected chi connectivity index (χ2v) is 7.83. The Bertz CT molecular complexity index is 823. The van der Waals surface area contributed by atoms with Crippen LogP contribution in [-0.4, -0.2) is 39.4 Å². The third-order valence-corrected chi connectivity index (χ3v) is 4.22. The highest BCUT2D eigenvalue weighted by molar-refractivity contribution is 6.07. The number of nitrogens with zero attached hydrogens (tertiary/aromatic N) is 2. The van der Waals surface area contributed by atoms with Crippen molar-refractivity contribution in [2.24, 2.45) is 5.73 Å². The molecule has 4 N–H and O–H groups in total. The first kappa shape index (κ1) is 20.2. The van der Waals surface area contributed by atoms with E-state index in [9.17, 15) is 14.9 Å². The van der Waals surface area contributed by atoms with Crippen molar-refractivity contribution in [2.75, 3.05) is 11.9 Å². The maximum atomic E-state index is 12.5. The lowest BCUT2D eigenvalue weighted by Crippen LogP contribution is -2.48. The van der Waals surface area contributed by atoms with E-state index in [-0.39, 0.29) is 18.1 Å². The summed E-state index contributed by atoms with van der Waals surface area (Å²) in [4.78, 5) is 24.4. The highest BCUT2D eigenvalue weighted by Crippen LogP contribution is 2.33. The van der Waals surface area contributed by atoms with Crippen molar-refractivity contribution in [1.29, 1.82) is 5.41 Å². The van der Waals surface area contributed by atoms with Gasteiger partial charge in [0.1, 0.15) is 11.4 Å². The van der Waals surface area contributed by atoms with E-state index in [2.05, 4.69) is 5.32 Å². The number of hydrogen-bond donors (Lipinski definition) is 3. The van der Waals surface area contributed by atoms with Crippen molar-refractivity contribution in [3.8, 4) is 0 Å². The molecule has 1 aliphatic heterocycles. The van der Waals surface area contributed by atoms with Gasteiger partial charge >= 0.3 is 6.09 Å². The molecule has 9 nitrogen and oxygen atoms in total. The van der Waals surface area contributed by atoms with Crippen molar-refractivity contribution >= 4 is 23.3 Å². The van der Waals surface area contributed by atoms with Gasteiger partial charge in [-0.1, -0.05) is 6.07 Å². The molecule has 1 aliphatic rings. The van der Waals surface area contributed by atoms with Crippen molar-refractivity contribution in [3.05, 3.63) is 45.6 Å². The number of amidine groups is 1. The summed E-state index contributed by atoms with van der Waals surface area (Å²) in [5.41, 5.74) is 5.86. The Morgan fingerprint density at radius 3 is 2.59 bits per heavy atom. The van der Waals surface area contributed by atoms with Crippen LogP contribution >= 0.6 is 0 Å². The molecule has 2 rings (SSSR count). The molecule has 0 fully saturated rings. The van der Waals surface area contributed by atoms with Gasteiger partial charge in [0.25, 0.3) is 5.69 Å². The molecule has 0 unspecified atom stereocenters. The highest BCUT2D eigenvalue weighted by atomic mass is 16.6. The normalized spacial score (nSPS) is 16.3. The zero-order valence-electron chi connectivity index (χ0n) is 16.1. The lowest BCUT2D eigenvalue weighted by Gasteiger charge is -2.34. The third-order valence-electron chi connectivity index (χ3n) is 4.22. The van der Waals surface area contributed by atoms with Crippen LogP contribution in [0.3, 0.4) is 0 Å². The Labute approximate surface area is 157 Å². The largest absolute Gasteiger partial charge is 0.444 e. The minimum absolute atomic E-state index is 0.0212. The first-order valence-electron chi connectivity index (χ1n) is 8.43. The molecule has 0 aliphatic carbocycles. The van der Waals surface area contributed by atoms with Gasteiger partial charge in [-0.05, 0) is 40.7 Å². The number of carbonyl (C=O) groups excluding carboxylic acids is 1. The fourth-order valence-electron chi connectivity index (χ4n) is 2.70. The molecule has 0 radical (unpaired) electrons. The molecule has 146 valence electrons. The molecule has 1 amide bonds. The van der Waals surface area contributed by atoms with Crippen molar-refractivity contribution < 1.29 is 14.5 Å². The zero-order valence-corrected chi connectivity index (χ0v) is 16.1. The molecule has 0 atom stereocenters. The highest BCUT2D eigenvalue weighted by Gasteiger charge is 2.44. The Kier molecular flexibility index (Phi) is 5.17. The molecular formula is C18H25N5O4. The van der Waals surface area contributed by atoms with Crippen LogP contribution in [0.2, 0.25) is 0 Å². The smallest absolute Gasteiger partial charge is 0.411 e. The molecule has 27 heavy (non-hydrogen) atoms. The summed E-state index contributed by atoms with van der Waals surface area (Å²) in [7, 11) is 0. The maximum Gasteiger partial charge on any atom is 0.411 e. The van der Waals surface area contributed by atoms with Crippen molar-refractivity contribution in [3.63, 3.8) is 0 Å². The number of anilines is 1. The van der Waals surface area contributed by atoms with Gasteiger partial charge in [0, 0.05) is 29.1 Å². The topological polar surface area (TPSA) is 135 Å². The average Bonchev–Trinajstić information content (AvgIpc) is 2.76. The van der Waals surface area contributed by atoms with Crippen molar-refractivity contribution in [1.82, 2.24) is 4.90 Å². The number of amides is 1. The summed E-state index contributed by atoms with van der Waals surface area (Å²) in [6, 6.07) is 5.84. The standard InChI is InChI=1S/C18H25N5O4/c1-17(2,3)27-16(24)22-10-13(14(19)18(22,4)5)15(20)21-11-7-6-8-12(9-11)23(25)26/h6-9H,10,19H2,1-5H3,(H2,20,21). The number of nitro benzene ring substituents is 1. The summed E-state index contributed by atoms with van der Waals surface area (Å²) in [5.74, 6) is -0.0212. The predicted molar refractivity (Wildman–Crippen MR) is 103 cm³/mol. The van der Waals surface area contributed by atoms with E-state index in [0.29, 0.717) is 17.0 Å². The maximum absolute atomic E-state index is 12.5. The second kappa shape index (κ2) is 6.90. The van der Waals surface area contributed by atoms with Gasteiger partial charge in [-0.25, -0.2) is 4.79 Å². The molecule has 0 aromatic heterocycles. The minimum atomic E-state index is -0.825. The summed E-state index contributed by atoms with van der Waals surface area (Å²) in [6.07, 6.45) is -0.520. The second-order valence-electron chi connectivity index (χ2n) is 7.83. The van der Waals surface area contributed by atoms with Crippen LogP contribution < -0.4 is 11.1 Å². The summed E-state index contributed by atoms with van der Waals surface area (Å²) < 4.78 is 5.43. The average molecular weight is 375 g/mol. The molecular weight excluding hydrogens is 350 g/mol. The van der Waals surface area contributed by atoms with Crippen LogP contribution in [-0.2, 0) is 4.74 Å². The molecule has 1 heterocycles. The molecule has 9 heteroatoms. The molecule has 1 aromatic rings. The number of nitro groups is 1. The van der Waals surface area contributed by atoms with Gasteiger partial charge in [0.15, 0.2) is 0 Å². The fourth-order valence-corrected chi connectivity index (χ4v) is 2.70. The summed E-state index contributed by atoms with van der Waals surface area (Å²) in [5, 5.41) is 22.0. The van der Waals surface area contributed by atoms with Gasteiger partial charge in [0.2, 0.25) is 0 Å². The zero-order chi connectivity index (χ0) is 20.6. The third kappa shape index (κ3) is 4.36. The van der Waals surface area contributed by atoms with Crippen LogP contribution in [0.1, 0.15) is 34.6 Å². The lowest BCUT2D eigenvalue weighted by molar-refractivity contribution is -0.384. The van der Waals surface area contributed by atoms with E-state index in [1.165, 1.54) is 23.1 Å². The van der Waals surface area contributed by atoms with Crippen LogP contribution in [0, 0.1) is 15.5 Å². The van der Waals surface area contributed by atoms with Gasteiger partial charge in [-0.2, -0.15) is 0 Å². The lowest BCUT2D eigenvalue weighted by atomic mass is 10.0. The minimum Gasteiger partial charge on any atom is -0.444 e. The number of nitrogens with one attached hydrogen (secondary N) is 2. The van der Waals surface area contributed by atoms with Crippen LogP contribution in [0.4, 0.5) is 16.2 Å². The number of non-ortho nitro benzene ring substituents is 1. The number of ether oxygens (including phenoxy) is 1. The fraction of sp³-hybridized carbons (Fsp3) is 0.444. The monoisotopic (exact) mass is 375 g/mol. The Morgan fingerprint density at radius 2 is 2.04 bits per heavy atom. The molecule has 1 aromatic carbocycles. The van der Waals surface area contributed by atoms with Crippen LogP contribution in [0.5, 0.6) is 0 Å². The number of carbonyl (C=O) groups is 1. The summed E-state index contributed by atoms with van der Waals surface area (Å²) >= 11 is 0. The molecule has 0 saturated carbocycles. The number of nitrogens with two attached hydrogens (primary N) is 1. The first-order chi connectivity index (χ1) is 12.3. The number of benzene rings is 1. The van der Waals surface area contributed by atoms with E-state index >= 15 is 0 Å². The van der Waals surface area contributed by atoms with Gasteiger partial charge in [-0.15, -0.1) is 0 Å². The van der Waals surface area contributed by atoms with Crippen LogP contribution in [0.15, 0.2) is 35.5 Å². The first-order valence-corrected chi connectivity index (χ1v) is 8.43. The molecule has 0 bridgehead atoms. The Hall–Kier alpha value is -3.10. The summed E-state index contributed by atoms with van der Waals surface area (Å²) in [6.45, 7) is 8.99. The van der Waals surface area contributed by atoms with E-state index in [0.717, 1.165) is 0 Å². The Morgan fingerprint density at radius 1 is 1.41 bits per heavy atom. The number of rotatable bonds is 3. The van der Waals surface area contributed by atoms with E-state index in [1.54, 1.807) is 40.7 Å². The number of hydrogen-bond acceptors (Lipinski definition) is 6. The van der Waals surface area contributed by atoms with Gasteiger partial charge in [-0.3, -0.25) is 20.4 Å². The molecule has 0 saturated heterocycles. The van der Waals surface area contributed by atoms with E-state index in [4.69, 9.17) is 15.9 Å². The van der Waals surface area contributed by atoms with Gasteiger partial charge < -0.3 is 15.8 Å². The van der Waals surface area contributed by atoms with E-state index in [1.807, 2.05) is 0 Å². The SMILES string of the molecule is CC(C)(C)OC(=O)N1CC(C(=N)Nc2cccc([N+](=O)[O-])c2)=C(N)C1(C)C. The van der Waals surface area contributed by atoms with Crippen LogP contribution in [0.25, 0.3) is 0 Å². The van der Waals surface area contributed by atoms with Gasteiger partial charge in [0.05, 0.1) is 17.0 Å². The molecule has 0 spiro atoms.